The Morgan fingerprint density at radius 2 is 1.32 bits per heavy atom. The standard InChI is InChI=1S/C28H23Cl3N2O4S/c29-23-11-4-1-8-18(23)20-16-28(22-10-3-6-13-25(22)31,33-15-7-14-32-27(33)34)17-21(26(20)38(35,36)37)19-9-2-5-12-24(19)30/h1-6,8-13,16-17,26H,7,14-15H2,(H,32,34)(H,35,36,37). The maximum Gasteiger partial charge on any atom is 0.318 e. The lowest BCUT2D eigenvalue weighted by Gasteiger charge is -2.46. The minimum absolute atomic E-state index is 0.203. The van der Waals surface area contributed by atoms with E-state index < -0.39 is 20.9 Å². The maximum atomic E-state index is 13.4. The van der Waals surface area contributed by atoms with Gasteiger partial charge in [-0.25, -0.2) is 4.79 Å². The predicted molar refractivity (Wildman–Crippen MR) is 152 cm³/mol. The lowest BCUT2D eigenvalue weighted by Crippen LogP contribution is -2.56. The second kappa shape index (κ2) is 10.4. The minimum Gasteiger partial charge on any atom is -0.338 e. The molecule has 1 aliphatic carbocycles. The Labute approximate surface area is 236 Å². The molecule has 0 spiro atoms. The van der Waals surface area contributed by atoms with Crippen molar-refractivity contribution in [1.82, 2.24) is 10.2 Å². The van der Waals surface area contributed by atoms with Gasteiger partial charge in [0, 0.05) is 33.7 Å². The van der Waals surface area contributed by atoms with Crippen LogP contribution < -0.4 is 5.32 Å². The van der Waals surface area contributed by atoms with Gasteiger partial charge in [-0.15, -0.1) is 0 Å². The first kappa shape index (κ1) is 26.8. The molecule has 0 aromatic heterocycles. The fourth-order valence-electron chi connectivity index (χ4n) is 5.21. The number of hydrogen-bond donors (Lipinski definition) is 2. The number of nitrogens with one attached hydrogen (secondary N) is 1. The van der Waals surface area contributed by atoms with E-state index in [2.05, 4.69) is 5.32 Å². The fourth-order valence-corrected chi connectivity index (χ4v) is 7.02. The van der Waals surface area contributed by atoms with Gasteiger partial charge in [0.2, 0.25) is 0 Å². The molecule has 10 heteroatoms. The summed E-state index contributed by atoms with van der Waals surface area (Å²) in [7, 11) is -4.75. The van der Waals surface area contributed by atoms with Crippen LogP contribution in [0.5, 0.6) is 0 Å². The van der Waals surface area contributed by atoms with Crippen LogP contribution >= 0.6 is 34.8 Å². The molecule has 2 aliphatic rings. The second-order valence-corrected chi connectivity index (χ2v) is 11.8. The Hall–Kier alpha value is -2.81. The van der Waals surface area contributed by atoms with Crippen molar-refractivity contribution in [3.63, 3.8) is 0 Å². The lowest BCUT2D eigenvalue weighted by molar-refractivity contribution is 0.149. The molecule has 5 rings (SSSR count). The number of rotatable bonds is 5. The molecule has 38 heavy (non-hydrogen) atoms. The maximum absolute atomic E-state index is 13.4. The molecule has 0 bridgehead atoms. The highest BCUT2D eigenvalue weighted by Gasteiger charge is 2.48. The largest absolute Gasteiger partial charge is 0.338 e. The molecule has 196 valence electrons. The van der Waals surface area contributed by atoms with Gasteiger partial charge < -0.3 is 10.2 Å². The van der Waals surface area contributed by atoms with E-state index in [-0.39, 0.29) is 27.2 Å². The van der Waals surface area contributed by atoms with Crippen LogP contribution in [0, 0.1) is 0 Å². The van der Waals surface area contributed by atoms with Gasteiger partial charge in [0.1, 0.15) is 10.8 Å². The first-order chi connectivity index (χ1) is 18.1. The van der Waals surface area contributed by atoms with E-state index in [1.54, 1.807) is 89.8 Å². The van der Waals surface area contributed by atoms with Gasteiger partial charge >= 0.3 is 6.03 Å². The third-order valence-corrected chi connectivity index (χ3v) is 8.91. The van der Waals surface area contributed by atoms with E-state index in [9.17, 15) is 17.8 Å². The third kappa shape index (κ3) is 4.74. The Bertz CT molecular complexity index is 1520. The summed E-state index contributed by atoms with van der Waals surface area (Å²) >= 11 is 20.0. The highest BCUT2D eigenvalue weighted by molar-refractivity contribution is 7.87. The van der Waals surface area contributed by atoms with Crippen LogP contribution in [0.3, 0.4) is 0 Å². The van der Waals surface area contributed by atoms with Gasteiger partial charge in [0.15, 0.2) is 0 Å². The summed E-state index contributed by atoms with van der Waals surface area (Å²) in [4.78, 5) is 15.0. The van der Waals surface area contributed by atoms with Crippen LogP contribution in [-0.4, -0.2) is 42.2 Å². The van der Waals surface area contributed by atoms with Crippen molar-refractivity contribution in [2.24, 2.45) is 0 Å². The average Bonchev–Trinajstić information content (AvgIpc) is 2.88. The number of amides is 2. The van der Waals surface area contributed by atoms with Gasteiger partial charge in [-0.1, -0.05) is 89.4 Å². The number of carbonyl (C=O) groups is 1. The molecule has 1 heterocycles. The molecule has 6 nitrogen and oxygen atoms in total. The molecule has 1 saturated heterocycles. The van der Waals surface area contributed by atoms with Crippen LogP contribution in [0.15, 0.2) is 84.9 Å². The molecule has 0 radical (unpaired) electrons. The third-order valence-electron chi connectivity index (χ3n) is 6.82. The molecule has 0 atom stereocenters. The van der Waals surface area contributed by atoms with E-state index in [1.165, 1.54) is 0 Å². The number of halogens is 3. The predicted octanol–water partition coefficient (Wildman–Crippen LogP) is 6.69. The molecule has 0 saturated carbocycles. The SMILES string of the molecule is O=C1NCCCN1C1(c2ccccc2Cl)C=C(c2ccccc2Cl)C(S(=O)(=O)O)C(c2ccccc2Cl)=C1. The summed E-state index contributed by atoms with van der Waals surface area (Å²) in [6, 6.07) is 20.3. The number of urea groups is 1. The zero-order chi connectivity index (χ0) is 27.1. The lowest BCUT2D eigenvalue weighted by atomic mass is 9.75. The summed E-state index contributed by atoms with van der Waals surface area (Å²) in [5, 5.41) is 2.28. The monoisotopic (exact) mass is 588 g/mol. The molecular formula is C28H23Cl3N2O4S. The summed E-state index contributed by atoms with van der Waals surface area (Å²) in [6.45, 7) is 0.871. The van der Waals surface area contributed by atoms with E-state index in [1.807, 2.05) is 0 Å². The topological polar surface area (TPSA) is 86.7 Å². The van der Waals surface area contributed by atoms with E-state index in [4.69, 9.17) is 34.8 Å². The Morgan fingerprint density at radius 3 is 1.79 bits per heavy atom. The normalized spacial score (nSPS) is 21.9. The minimum atomic E-state index is -4.75. The van der Waals surface area contributed by atoms with Crippen molar-refractivity contribution in [3.8, 4) is 0 Å². The summed E-state index contributed by atoms with van der Waals surface area (Å²) in [5.74, 6) is 0. The Kier molecular flexibility index (Phi) is 7.33. The molecule has 1 aliphatic heterocycles. The van der Waals surface area contributed by atoms with Crippen molar-refractivity contribution < 1.29 is 17.8 Å². The first-order valence-corrected chi connectivity index (χ1v) is 14.5. The van der Waals surface area contributed by atoms with Crippen LogP contribution in [0.1, 0.15) is 23.1 Å². The van der Waals surface area contributed by atoms with Crippen LogP contribution in [0.4, 0.5) is 4.79 Å². The average molecular weight is 590 g/mol. The van der Waals surface area contributed by atoms with E-state index >= 15 is 0 Å². The van der Waals surface area contributed by atoms with Gasteiger partial charge in [-0.2, -0.15) is 8.42 Å². The summed E-state index contributed by atoms with van der Waals surface area (Å²) in [6.07, 6.45) is 3.99. The highest BCUT2D eigenvalue weighted by atomic mass is 35.5. The van der Waals surface area contributed by atoms with Gasteiger partial charge in [-0.05, 0) is 59.0 Å². The molecule has 0 unspecified atom stereocenters. The zero-order valence-electron chi connectivity index (χ0n) is 19.9. The quantitative estimate of drug-likeness (QED) is 0.325. The van der Waals surface area contributed by atoms with Crippen molar-refractivity contribution >= 4 is 62.1 Å². The molecule has 3 aromatic carbocycles. The Balaban J connectivity index is 1.95. The summed E-state index contributed by atoms with van der Waals surface area (Å²) in [5.41, 5.74) is 0.406. The molecule has 2 N–H and O–H groups in total. The zero-order valence-corrected chi connectivity index (χ0v) is 23.0. The van der Waals surface area contributed by atoms with Crippen molar-refractivity contribution in [2.45, 2.75) is 17.2 Å². The van der Waals surface area contributed by atoms with Crippen molar-refractivity contribution in [2.75, 3.05) is 13.1 Å². The van der Waals surface area contributed by atoms with Crippen LogP contribution in [0.2, 0.25) is 15.1 Å². The van der Waals surface area contributed by atoms with Crippen molar-refractivity contribution in [3.05, 3.63) is 117 Å². The van der Waals surface area contributed by atoms with Crippen molar-refractivity contribution in [1.29, 1.82) is 0 Å². The number of carbonyl (C=O) groups excluding carboxylic acids is 1. The highest BCUT2D eigenvalue weighted by Crippen LogP contribution is 2.50. The second-order valence-electron chi connectivity index (χ2n) is 9.10. The molecule has 3 aromatic rings. The first-order valence-electron chi connectivity index (χ1n) is 11.9. The number of nitrogens with zero attached hydrogens (tertiary/aromatic N) is 1. The number of hydrogen-bond acceptors (Lipinski definition) is 3. The number of benzene rings is 3. The van der Waals surface area contributed by atoms with Gasteiger partial charge in [0.05, 0.1) is 0 Å². The molecule has 2 amide bonds. The van der Waals surface area contributed by atoms with Crippen LogP contribution in [0.25, 0.3) is 11.1 Å². The van der Waals surface area contributed by atoms with Gasteiger partial charge in [-0.3, -0.25) is 4.55 Å². The summed E-state index contributed by atoms with van der Waals surface area (Å²) < 4.78 is 36.8. The van der Waals surface area contributed by atoms with Gasteiger partial charge in [0.25, 0.3) is 10.1 Å². The van der Waals surface area contributed by atoms with E-state index in [0.29, 0.717) is 41.2 Å². The van der Waals surface area contributed by atoms with Crippen LogP contribution in [-0.2, 0) is 15.7 Å². The molecular weight excluding hydrogens is 567 g/mol. The molecule has 1 fully saturated rings. The Morgan fingerprint density at radius 1 is 0.816 bits per heavy atom. The van der Waals surface area contributed by atoms with E-state index in [0.717, 1.165) is 0 Å². The smallest absolute Gasteiger partial charge is 0.318 e. The fraction of sp³-hybridized carbons (Fsp3) is 0.179.